The number of rotatable bonds is 42. The van der Waals surface area contributed by atoms with Crippen LogP contribution in [-0.4, -0.2) is 231 Å². The van der Waals surface area contributed by atoms with Gasteiger partial charge in [-0.05, 0) is 126 Å². The maximum absolute atomic E-state index is 13.5. The molecule has 2 heterocycles. The number of hydrogen-bond donors (Lipinski definition) is 11. The number of esters is 1. The SMILES string of the molecule is C[C@@H]1O[C@@H](OCCOCCNC(=O)C(C)(C)CCOC(C)(C)CCNC(=O)COc2ccc(-c3cc(OCC(=O)NCCC(C)(C)OCCC(C)(C)CC(O)NCCOCCO[C@@H]4O[C@@H](C)[C@H](O)[C@@H](O)[C@H]4O)cc(C(=O)OCc4ccccc4)c3)cc2)[C@H](O)[C@H](O)[C@H]1O. The summed E-state index contributed by atoms with van der Waals surface area (Å²) in [5.74, 6) is -0.791. The summed E-state index contributed by atoms with van der Waals surface area (Å²) in [6.45, 7) is 21.0. The van der Waals surface area contributed by atoms with Gasteiger partial charge in [-0.2, -0.15) is 0 Å². The zero-order valence-electron chi connectivity index (χ0n) is 55.7. The van der Waals surface area contributed by atoms with E-state index in [1.54, 1.807) is 50.2 Å². The second-order valence-corrected chi connectivity index (χ2v) is 26.1. The quantitative estimate of drug-likeness (QED) is 0.0221. The highest BCUT2D eigenvalue weighted by Crippen LogP contribution is 2.31. The van der Waals surface area contributed by atoms with E-state index in [1.165, 1.54) is 6.07 Å². The molecule has 0 aliphatic carbocycles. The molecule has 0 spiro atoms. The predicted octanol–water partition coefficient (Wildman–Crippen LogP) is 3.04. The topological polar surface area (TPSA) is 360 Å². The van der Waals surface area contributed by atoms with E-state index < -0.39 is 90.2 Å². The zero-order chi connectivity index (χ0) is 68.4. The zero-order valence-corrected chi connectivity index (χ0v) is 55.7. The maximum Gasteiger partial charge on any atom is 0.338 e. The van der Waals surface area contributed by atoms with Crippen LogP contribution in [0.3, 0.4) is 0 Å². The number of carbonyl (C=O) groups excluding carboxylic acids is 4. The number of carbonyl (C=O) groups is 4. The molecular weight excluding hydrogens is 1210 g/mol. The van der Waals surface area contributed by atoms with Gasteiger partial charge < -0.3 is 104 Å². The first-order valence-electron chi connectivity index (χ1n) is 32.0. The molecule has 1 unspecified atom stereocenters. The van der Waals surface area contributed by atoms with Gasteiger partial charge in [-0.25, -0.2) is 4.79 Å². The Labute approximate surface area is 546 Å². The largest absolute Gasteiger partial charge is 0.484 e. The fraction of sp³-hybridized carbons (Fsp3) is 0.672. The van der Waals surface area contributed by atoms with Crippen LogP contribution in [0.15, 0.2) is 72.8 Å². The third-order valence-electron chi connectivity index (χ3n) is 16.0. The number of hydrogen-bond acceptors (Lipinski definition) is 23. The van der Waals surface area contributed by atoms with Crippen LogP contribution in [0.25, 0.3) is 11.1 Å². The molecule has 11 atom stereocenters. The van der Waals surface area contributed by atoms with Gasteiger partial charge in [-0.3, -0.25) is 19.7 Å². The number of aliphatic hydroxyl groups is 7. The molecule has 524 valence electrons. The molecule has 26 nitrogen and oxygen atoms in total. The van der Waals surface area contributed by atoms with E-state index in [-0.39, 0.29) is 93.8 Å². The molecule has 0 radical (unpaired) electrons. The lowest BCUT2D eigenvalue weighted by atomic mass is 9.85. The average molecular weight is 1320 g/mol. The predicted molar refractivity (Wildman–Crippen MR) is 340 cm³/mol. The lowest BCUT2D eigenvalue weighted by Crippen LogP contribution is -2.57. The average Bonchev–Trinajstić information content (AvgIpc) is 0.909. The van der Waals surface area contributed by atoms with Gasteiger partial charge in [0, 0.05) is 44.8 Å². The fourth-order valence-electron chi connectivity index (χ4n) is 9.79. The number of benzene rings is 3. The Kier molecular flexibility index (Phi) is 32.2. The van der Waals surface area contributed by atoms with Crippen LogP contribution < -0.4 is 30.7 Å². The van der Waals surface area contributed by atoms with E-state index in [4.69, 9.17) is 52.1 Å². The molecular formula is C67H104N4O22. The molecule has 26 heteroatoms. The van der Waals surface area contributed by atoms with Crippen molar-refractivity contribution in [3.05, 3.63) is 83.9 Å². The second-order valence-electron chi connectivity index (χ2n) is 26.1. The first-order chi connectivity index (χ1) is 43.9. The van der Waals surface area contributed by atoms with Crippen molar-refractivity contribution in [2.24, 2.45) is 10.8 Å². The molecule has 5 rings (SSSR count). The molecule has 3 aromatic carbocycles. The van der Waals surface area contributed by atoms with Crippen molar-refractivity contribution in [2.75, 3.05) is 92.2 Å². The van der Waals surface area contributed by atoms with Crippen molar-refractivity contribution in [3.63, 3.8) is 0 Å². The third kappa shape index (κ3) is 28.0. The van der Waals surface area contributed by atoms with Crippen LogP contribution in [0, 0.1) is 10.8 Å². The Bertz CT molecular complexity index is 2700. The minimum absolute atomic E-state index is 0.0458. The van der Waals surface area contributed by atoms with E-state index in [1.807, 2.05) is 85.7 Å². The molecule has 93 heavy (non-hydrogen) atoms. The molecule has 2 aliphatic rings. The summed E-state index contributed by atoms with van der Waals surface area (Å²) in [6, 6.07) is 21.1. The minimum Gasteiger partial charge on any atom is -0.484 e. The van der Waals surface area contributed by atoms with Gasteiger partial charge in [0.2, 0.25) is 5.91 Å². The highest BCUT2D eigenvalue weighted by atomic mass is 16.7. The van der Waals surface area contributed by atoms with Gasteiger partial charge in [-0.15, -0.1) is 0 Å². The summed E-state index contributed by atoms with van der Waals surface area (Å²) >= 11 is 0. The Morgan fingerprint density at radius 2 is 1.04 bits per heavy atom. The highest BCUT2D eigenvalue weighted by molar-refractivity contribution is 5.92. The number of amides is 3. The van der Waals surface area contributed by atoms with E-state index in [2.05, 4.69) is 21.3 Å². The number of aliphatic hydroxyl groups excluding tert-OH is 7. The van der Waals surface area contributed by atoms with Gasteiger partial charge in [-0.1, -0.05) is 70.2 Å². The molecule has 3 aromatic rings. The van der Waals surface area contributed by atoms with Crippen molar-refractivity contribution < 1.29 is 107 Å². The van der Waals surface area contributed by atoms with E-state index in [0.717, 1.165) is 5.56 Å². The molecule has 3 amide bonds. The van der Waals surface area contributed by atoms with Crippen LogP contribution in [0.2, 0.25) is 0 Å². The maximum atomic E-state index is 13.5. The molecule has 2 aliphatic heterocycles. The Balaban J connectivity index is 0.981. The van der Waals surface area contributed by atoms with Gasteiger partial charge >= 0.3 is 5.97 Å². The van der Waals surface area contributed by atoms with Gasteiger partial charge in [0.15, 0.2) is 25.8 Å². The molecule has 11 N–H and O–H groups in total. The summed E-state index contributed by atoms with van der Waals surface area (Å²) in [5.41, 5.74) is 0.0832. The van der Waals surface area contributed by atoms with E-state index >= 15 is 0 Å². The standard InChI is InChI=1S/C67H104N4O22/c1-43-54(75)56(77)58(79)61(92-43)85-34-32-83-30-26-70-51(72)39-64(3,4)22-28-90-66(7,8)20-24-69-53(74)42-88-50-37-47(36-48(38-50)60(81)89-40-45-14-12-11-13-15-45)46-16-18-49(19-17-46)87-41-52(73)68-25-21-67(9,10)91-29-23-65(5,6)63(82)71-27-31-84-33-35-86-62-59(80)57(78)55(76)44(2)93-62/h11-19,36-38,43-44,51,54-59,61-62,70,72,75-80H,20-35,39-42H2,1-10H3,(H,68,73)(H,69,74)(H,71,82)/t43-,44-,51?,54-,55-,56+,57+,58+,59+,61+,62+/m0/s1. The van der Waals surface area contributed by atoms with E-state index in [0.29, 0.717) is 88.4 Å². The summed E-state index contributed by atoms with van der Waals surface area (Å²) in [7, 11) is 0. The van der Waals surface area contributed by atoms with Crippen LogP contribution in [0.1, 0.15) is 117 Å². The Morgan fingerprint density at radius 3 is 1.59 bits per heavy atom. The molecule has 0 bridgehead atoms. The summed E-state index contributed by atoms with van der Waals surface area (Å²) < 4.78 is 62.7. The van der Waals surface area contributed by atoms with Gasteiger partial charge in [0.1, 0.15) is 61.0 Å². The fourth-order valence-corrected chi connectivity index (χ4v) is 9.79. The molecule has 2 fully saturated rings. The Hall–Kier alpha value is -5.50. The summed E-state index contributed by atoms with van der Waals surface area (Å²) in [4.78, 5) is 52.5. The van der Waals surface area contributed by atoms with Crippen molar-refractivity contribution in [1.82, 2.24) is 21.3 Å². The number of nitrogens with one attached hydrogen (secondary N) is 4. The summed E-state index contributed by atoms with van der Waals surface area (Å²) in [6.07, 6.45) is -9.85. The molecule has 0 saturated carbocycles. The Morgan fingerprint density at radius 1 is 0.527 bits per heavy atom. The van der Waals surface area contributed by atoms with Gasteiger partial charge in [0.05, 0.1) is 68.6 Å². The van der Waals surface area contributed by atoms with Crippen molar-refractivity contribution in [1.29, 1.82) is 0 Å². The van der Waals surface area contributed by atoms with E-state index in [9.17, 15) is 54.9 Å². The minimum atomic E-state index is -1.40. The van der Waals surface area contributed by atoms with Crippen molar-refractivity contribution in [3.8, 4) is 22.6 Å². The number of ether oxygens (including phenoxy) is 11. The van der Waals surface area contributed by atoms with Crippen LogP contribution in [0.4, 0.5) is 0 Å². The second kappa shape index (κ2) is 38.3. The third-order valence-corrected chi connectivity index (χ3v) is 16.0. The van der Waals surface area contributed by atoms with Crippen LogP contribution in [0.5, 0.6) is 11.5 Å². The highest BCUT2D eigenvalue weighted by Gasteiger charge is 2.43. The normalized spacial score (nSPS) is 22.4. The van der Waals surface area contributed by atoms with Crippen molar-refractivity contribution in [2.45, 2.75) is 187 Å². The molecule has 2 saturated heterocycles. The monoisotopic (exact) mass is 1320 g/mol. The van der Waals surface area contributed by atoms with Gasteiger partial charge in [0.25, 0.3) is 11.8 Å². The first-order valence-corrected chi connectivity index (χ1v) is 32.0. The first kappa shape index (κ1) is 78.2. The lowest BCUT2D eigenvalue weighted by Gasteiger charge is -2.38. The van der Waals surface area contributed by atoms with Crippen LogP contribution >= 0.6 is 0 Å². The van der Waals surface area contributed by atoms with Crippen LogP contribution in [-0.2, 0) is 63.6 Å². The molecule has 0 aromatic heterocycles. The van der Waals surface area contributed by atoms with Crippen molar-refractivity contribution >= 4 is 23.7 Å². The smallest absolute Gasteiger partial charge is 0.338 e. The lowest BCUT2D eigenvalue weighted by molar-refractivity contribution is -0.294. The summed E-state index contributed by atoms with van der Waals surface area (Å²) in [5, 5.41) is 82.1.